The maximum atomic E-state index is 13.1. The number of halogens is 3. The van der Waals surface area contributed by atoms with Gasteiger partial charge in [0.25, 0.3) is 0 Å². The summed E-state index contributed by atoms with van der Waals surface area (Å²) in [7, 11) is 0. The molecule has 0 unspecified atom stereocenters. The van der Waals surface area contributed by atoms with E-state index >= 15 is 0 Å². The molecule has 1 aromatic carbocycles. The number of hydrogen-bond donors (Lipinski definition) is 3. The molecule has 1 aliphatic carbocycles. The smallest absolute Gasteiger partial charge is 0.210 e. The molecule has 0 radical (unpaired) electrons. The molecule has 1 aliphatic rings. The van der Waals surface area contributed by atoms with Crippen molar-refractivity contribution < 1.29 is 13.2 Å². The molecule has 0 amide bonds. The standard InChI is InChI=1S/C12H15F3N4/c13-9-5-8(6-10(14)11(9)15)18-12(19-16)17-7-3-1-2-4-7/h5-7H,1-4,16H2,(H2,17,18,19). The number of hydrogen-bond acceptors (Lipinski definition) is 2. The molecule has 0 aromatic heterocycles. The Labute approximate surface area is 108 Å². The predicted molar refractivity (Wildman–Crippen MR) is 67.0 cm³/mol. The van der Waals surface area contributed by atoms with E-state index in [-0.39, 0.29) is 17.7 Å². The van der Waals surface area contributed by atoms with Crippen LogP contribution in [0.2, 0.25) is 0 Å². The van der Waals surface area contributed by atoms with E-state index in [1.165, 1.54) is 0 Å². The Balaban J connectivity index is 2.13. The number of benzene rings is 1. The van der Waals surface area contributed by atoms with Gasteiger partial charge >= 0.3 is 0 Å². The van der Waals surface area contributed by atoms with E-state index in [2.05, 4.69) is 15.7 Å². The van der Waals surface area contributed by atoms with E-state index in [1.807, 2.05) is 0 Å². The Morgan fingerprint density at radius 3 is 2.26 bits per heavy atom. The van der Waals surface area contributed by atoms with Crippen molar-refractivity contribution in [1.29, 1.82) is 0 Å². The molecular weight excluding hydrogens is 257 g/mol. The van der Waals surface area contributed by atoms with Gasteiger partial charge in [-0.1, -0.05) is 12.8 Å². The second-order valence-corrected chi connectivity index (χ2v) is 4.44. The summed E-state index contributed by atoms with van der Waals surface area (Å²) in [6.45, 7) is 0. The molecule has 1 fully saturated rings. The zero-order valence-corrected chi connectivity index (χ0v) is 10.2. The first-order valence-corrected chi connectivity index (χ1v) is 6.06. The highest BCUT2D eigenvalue weighted by Gasteiger charge is 2.15. The molecule has 19 heavy (non-hydrogen) atoms. The van der Waals surface area contributed by atoms with E-state index < -0.39 is 17.5 Å². The normalized spacial score (nSPS) is 16.7. The van der Waals surface area contributed by atoms with Crippen molar-refractivity contribution in [1.82, 2.24) is 5.43 Å². The van der Waals surface area contributed by atoms with Gasteiger partial charge in [0.15, 0.2) is 17.5 Å². The molecule has 7 heteroatoms. The average Bonchev–Trinajstić information content (AvgIpc) is 2.88. The summed E-state index contributed by atoms with van der Waals surface area (Å²) in [5.74, 6) is 1.48. The minimum atomic E-state index is -1.50. The van der Waals surface area contributed by atoms with Gasteiger partial charge in [0.05, 0.1) is 6.04 Å². The second-order valence-electron chi connectivity index (χ2n) is 4.44. The summed E-state index contributed by atoms with van der Waals surface area (Å²) >= 11 is 0. The minimum absolute atomic E-state index is 0.0473. The third kappa shape index (κ3) is 3.37. The van der Waals surface area contributed by atoms with Crippen LogP contribution in [-0.4, -0.2) is 12.0 Å². The van der Waals surface area contributed by atoms with Gasteiger partial charge in [-0.2, -0.15) is 0 Å². The lowest BCUT2D eigenvalue weighted by molar-refractivity contribution is 0.448. The lowest BCUT2D eigenvalue weighted by atomic mass is 10.2. The van der Waals surface area contributed by atoms with Crippen LogP contribution in [0.1, 0.15) is 25.7 Å². The van der Waals surface area contributed by atoms with Crippen LogP contribution in [0, 0.1) is 17.5 Å². The Kier molecular flexibility index (Phi) is 4.26. The Hall–Kier alpha value is -1.76. The van der Waals surface area contributed by atoms with Gasteiger partial charge in [-0.25, -0.2) is 24.0 Å². The summed E-state index contributed by atoms with van der Waals surface area (Å²) in [6, 6.07) is 1.84. The number of nitrogens with zero attached hydrogens (tertiary/aromatic N) is 1. The van der Waals surface area contributed by atoms with Crippen LogP contribution in [0.3, 0.4) is 0 Å². The molecule has 0 aliphatic heterocycles. The van der Waals surface area contributed by atoms with E-state index in [0.717, 1.165) is 37.8 Å². The van der Waals surface area contributed by atoms with Crippen molar-refractivity contribution in [2.24, 2.45) is 10.8 Å². The molecule has 2 rings (SSSR count). The lowest BCUT2D eigenvalue weighted by Crippen LogP contribution is -2.37. The average molecular weight is 272 g/mol. The van der Waals surface area contributed by atoms with Gasteiger partial charge in [-0.05, 0) is 12.8 Å². The van der Waals surface area contributed by atoms with Gasteiger partial charge in [-0.3, -0.25) is 5.43 Å². The van der Waals surface area contributed by atoms with Crippen molar-refractivity contribution in [3.05, 3.63) is 29.6 Å². The van der Waals surface area contributed by atoms with Crippen molar-refractivity contribution in [2.75, 3.05) is 5.32 Å². The predicted octanol–water partition coefficient (Wildman–Crippen LogP) is 2.28. The zero-order valence-electron chi connectivity index (χ0n) is 10.2. The van der Waals surface area contributed by atoms with Crippen LogP contribution >= 0.6 is 0 Å². The minimum Gasteiger partial charge on any atom is -0.325 e. The van der Waals surface area contributed by atoms with Crippen LogP contribution in [0.4, 0.5) is 18.9 Å². The molecule has 1 saturated carbocycles. The third-order valence-electron chi connectivity index (χ3n) is 3.02. The highest BCUT2D eigenvalue weighted by Crippen LogP contribution is 2.21. The SMILES string of the molecule is NNC(=NC1CCCC1)Nc1cc(F)c(F)c(F)c1. The highest BCUT2D eigenvalue weighted by molar-refractivity contribution is 5.93. The molecule has 0 atom stereocenters. The fourth-order valence-electron chi connectivity index (χ4n) is 2.09. The largest absolute Gasteiger partial charge is 0.325 e. The van der Waals surface area contributed by atoms with Crippen molar-refractivity contribution in [3.63, 3.8) is 0 Å². The van der Waals surface area contributed by atoms with Gasteiger partial charge in [0.2, 0.25) is 5.96 Å². The van der Waals surface area contributed by atoms with Crippen molar-refractivity contribution in [3.8, 4) is 0 Å². The first-order chi connectivity index (χ1) is 9.10. The maximum Gasteiger partial charge on any atom is 0.210 e. The first kappa shape index (κ1) is 13.7. The van der Waals surface area contributed by atoms with E-state index in [9.17, 15) is 13.2 Å². The van der Waals surface area contributed by atoms with E-state index in [4.69, 9.17) is 5.84 Å². The fourth-order valence-corrected chi connectivity index (χ4v) is 2.09. The monoisotopic (exact) mass is 272 g/mol. The molecule has 0 bridgehead atoms. The molecule has 104 valence electrons. The molecule has 4 nitrogen and oxygen atoms in total. The Bertz CT molecular complexity index is 461. The number of guanidine groups is 1. The van der Waals surface area contributed by atoms with E-state index in [1.54, 1.807) is 0 Å². The Morgan fingerprint density at radius 1 is 1.16 bits per heavy atom. The molecule has 0 heterocycles. The first-order valence-electron chi connectivity index (χ1n) is 6.06. The second kappa shape index (κ2) is 5.92. The van der Waals surface area contributed by atoms with Crippen LogP contribution in [0.5, 0.6) is 0 Å². The van der Waals surface area contributed by atoms with Gasteiger partial charge in [0, 0.05) is 17.8 Å². The number of nitrogens with two attached hydrogens (primary N) is 1. The number of aliphatic imine (C=N–C) groups is 1. The van der Waals surface area contributed by atoms with Crippen LogP contribution in [0.15, 0.2) is 17.1 Å². The van der Waals surface area contributed by atoms with Gasteiger partial charge < -0.3 is 5.32 Å². The summed E-state index contributed by atoms with van der Waals surface area (Å²) < 4.78 is 38.9. The molecule has 0 spiro atoms. The summed E-state index contributed by atoms with van der Waals surface area (Å²) in [4.78, 5) is 4.30. The van der Waals surface area contributed by atoms with E-state index in [0.29, 0.717) is 0 Å². The number of anilines is 1. The van der Waals surface area contributed by atoms with Crippen molar-refractivity contribution in [2.45, 2.75) is 31.7 Å². The molecule has 0 saturated heterocycles. The van der Waals surface area contributed by atoms with Crippen LogP contribution in [-0.2, 0) is 0 Å². The Morgan fingerprint density at radius 2 is 1.74 bits per heavy atom. The van der Waals surface area contributed by atoms with Crippen LogP contribution < -0.4 is 16.6 Å². The molecular formula is C12H15F3N4. The van der Waals surface area contributed by atoms with Gasteiger partial charge in [0.1, 0.15) is 0 Å². The fraction of sp³-hybridized carbons (Fsp3) is 0.417. The zero-order chi connectivity index (χ0) is 13.8. The molecule has 4 N–H and O–H groups in total. The summed E-state index contributed by atoms with van der Waals surface area (Å²) in [6.07, 6.45) is 4.12. The van der Waals surface area contributed by atoms with Crippen LogP contribution in [0.25, 0.3) is 0 Å². The third-order valence-corrected chi connectivity index (χ3v) is 3.02. The lowest BCUT2D eigenvalue weighted by Gasteiger charge is -2.12. The molecule has 1 aromatic rings. The number of hydrazine groups is 1. The van der Waals surface area contributed by atoms with Gasteiger partial charge in [-0.15, -0.1) is 0 Å². The summed E-state index contributed by atoms with van der Waals surface area (Å²) in [5, 5.41) is 2.63. The quantitative estimate of drug-likeness (QED) is 0.254. The number of rotatable bonds is 2. The van der Waals surface area contributed by atoms with Crippen molar-refractivity contribution >= 4 is 11.6 Å². The highest BCUT2D eigenvalue weighted by atomic mass is 19.2. The topological polar surface area (TPSA) is 62.4 Å². The summed E-state index contributed by atoms with van der Waals surface area (Å²) in [5.41, 5.74) is 2.38. The maximum absolute atomic E-state index is 13.1. The number of nitrogens with one attached hydrogen (secondary N) is 2.